The molecule has 0 spiro atoms. The van der Waals surface area contributed by atoms with E-state index in [9.17, 15) is 15.1 Å². The number of amides is 1. The molecular formula is C21H29N3O3. The molecule has 6 heteroatoms. The molecule has 0 aliphatic rings. The molecule has 6 nitrogen and oxygen atoms in total. The van der Waals surface area contributed by atoms with E-state index >= 15 is 0 Å². The van der Waals surface area contributed by atoms with Gasteiger partial charge in [-0.15, -0.1) is 0 Å². The van der Waals surface area contributed by atoms with Crippen molar-refractivity contribution in [1.29, 1.82) is 0 Å². The molecule has 0 radical (unpaired) electrons. The molecule has 0 unspecified atom stereocenters. The molecule has 1 amide bonds. The van der Waals surface area contributed by atoms with Crippen LogP contribution in [0, 0.1) is 6.92 Å². The Bertz CT molecular complexity index is 840. The van der Waals surface area contributed by atoms with Gasteiger partial charge in [0.25, 0.3) is 5.91 Å². The Morgan fingerprint density at radius 3 is 1.93 bits per heavy atom. The lowest BCUT2D eigenvalue weighted by atomic mass is 9.78. The van der Waals surface area contributed by atoms with Crippen LogP contribution in [0.1, 0.15) is 68.9 Å². The first kappa shape index (κ1) is 20.8. The standard InChI is InChI=1S/C21H29N3O3/c1-12-22-11-14(19(26)24(8)27)17(23-12)13-9-15(20(2,3)4)18(25)16(10-13)21(5,6)7/h9-11,25,27H,1-8H3. The van der Waals surface area contributed by atoms with Crippen LogP contribution in [0.3, 0.4) is 0 Å². The van der Waals surface area contributed by atoms with E-state index in [-0.39, 0.29) is 22.1 Å². The second-order valence-corrected chi connectivity index (χ2v) is 8.93. The van der Waals surface area contributed by atoms with E-state index < -0.39 is 5.91 Å². The molecule has 0 bridgehead atoms. The minimum Gasteiger partial charge on any atom is -0.507 e. The van der Waals surface area contributed by atoms with Crippen molar-refractivity contribution in [2.45, 2.75) is 59.3 Å². The zero-order valence-electron chi connectivity index (χ0n) is 17.4. The molecule has 0 aliphatic heterocycles. The van der Waals surface area contributed by atoms with Gasteiger partial charge in [0.15, 0.2) is 0 Å². The first-order valence-electron chi connectivity index (χ1n) is 8.92. The molecule has 0 aliphatic carbocycles. The van der Waals surface area contributed by atoms with Gasteiger partial charge in [0.05, 0.1) is 11.3 Å². The van der Waals surface area contributed by atoms with Gasteiger partial charge in [-0.1, -0.05) is 41.5 Å². The summed E-state index contributed by atoms with van der Waals surface area (Å²) in [7, 11) is 1.27. The molecule has 1 aromatic carbocycles. The molecule has 0 saturated heterocycles. The van der Waals surface area contributed by atoms with Crippen molar-refractivity contribution in [2.24, 2.45) is 0 Å². The lowest BCUT2D eigenvalue weighted by molar-refractivity contribution is -0.0374. The van der Waals surface area contributed by atoms with Crippen LogP contribution < -0.4 is 0 Å². The maximum absolute atomic E-state index is 12.4. The number of rotatable bonds is 2. The molecule has 2 rings (SSSR count). The first-order valence-corrected chi connectivity index (χ1v) is 8.92. The lowest BCUT2D eigenvalue weighted by Gasteiger charge is -2.28. The van der Waals surface area contributed by atoms with Gasteiger partial charge >= 0.3 is 0 Å². The van der Waals surface area contributed by atoms with Crippen molar-refractivity contribution in [3.8, 4) is 17.0 Å². The minimum absolute atomic E-state index is 0.205. The van der Waals surface area contributed by atoms with E-state index in [1.54, 1.807) is 6.92 Å². The van der Waals surface area contributed by atoms with Crippen LogP contribution in [0.4, 0.5) is 0 Å². The number of benzene rings is 1. The van der Waals surface area contributed by atoms with E-state index in [0.717, 1.165) is 11.1 Å². The number of aromatic nitrogens is 2. The number of aromatic hydroxyl groups is 1. The summed E-state index contributed by atoms with van der Waals surface area (Å²) in [6.45, 7) is 13.9. The second-order valence-electron chi connectivity index (χ2n) is 8.93. The van der Waals surface area contributed by atoms with E-state index in [2.05, 4.69) is 9.97 Å². The van der Waals surface area contributed by atoms with Crippen LogP contribution in [-0.4, -0.2) is 38.3 Å². The van der Waals surface area contributed by atoms with Crippen LogP contribution >= 0.6 is 0 Å². The van der Waals surface area contributed by atoms with Crippen molar-refractivity contribution < 1.29 is 15.1 Å². The van der Waals surface area contributed by atoms with E-state index in [0.29, 0.717) is 22.1 Å². The van der Waals surface area contributed by atoms with E-state index in [4.69, 9.17) is 0 Å². The normalized spacial score (nSPS) is 12.2. The SMILES string of the molecule is Cc1ncc(C(=O)N(C)O)c(-c2cc(C(C)(C)C)c(O)c(C(C)(C)C)c2)n1. The number of nitrogens with zero attached hydrogens (tertiary/aromatic N) is 3. The Balaban J connectivity index is 2.88. The molecule has 27 heavy (non-hydrogen) atoms. The smallest absolute Gasteiger partial charge is 0.280 e. The highest BCUT2D eigenvalue weighted by Gasteiger charge is 2.28. The molecular weight excluding hydrogens is 342 g/mol. The second kappa shape index (κ2) is 6.93. The molecule has 0 fully saturated rings. The number of hydroxylamine groups is 2. The summed E-state index contributed by atoms with van der Waals surface area (Å²) in [4.78, 5) is 21.0. The van der Waals surface area contributed by atoms with Crippen molar-refractivity contribution in [2.75, 3.05) is 7.05 Å². The summed E-state index contributed by atoms with van der Waals surface area (Å²) in [6.07, 6.45) is 1.42. The molecule has 0 atom stereocenters. The van der Waals surface area contributed by atoms with Gasteiger partial charge in [0, 0.05) is 29.9 Å². The quantitative estimate of drug-likeness (QED) is 0.610. The number of carbonyl (C=O) groups is 1. The van der Waals surface area contributed by atoms with Gasteiger partial charge in [-0.2, -0.15) is 0 Å². The summed E-state index contributed by atoms with van der Waals surface area (Å²) in [5.74, 6) is 0.189. The average Bonchev–Trinajstić information content (AvgIpc) is 2.52. The van der Waals surface area contributed by atoms with Crippen LogP contribution in [0.15, 0.2) is 18.3 Å². The molecule has 2 aromatic rings. The summed E-state index contributed by atoms with van der Waals surface area (Å²) < 4.78 is 0. The summed E-state index contributed by atoms with van der Waals surface area (Å²) in [5, 5.41) is 21.0. The summed E-state index contributed by atoms with van der Waals surface area (Å²) in [6, 6.07) is 3.72. The number of phenols is 1. The number of carbonyl (C=O) groups excluding carboxylic acids is 1. The van der Waals surface area contributed by atoms with Gasteiger partial charge < -0.3 is 5.11 Å². The number of hydrogen-bond donors (Lipinski definition) is 2. The number of phenolic OH excluding ortho intramolecular Hbond substituents is 1. The van der Waals surface area contributed by atoms with Gasteiger partial charge in [0.2, 0.25) is 0 Å². The fourth-order valence-corrected chi connectivity index (χ4v) is 2.94. The van der Waals surface area contributed by atoms with Gasteiger partial charge in [-0.05, 0) is 29.9 Å². The van der Waals surface area contributed by atoms with E-state index in [1.807, 2.05) is 53.7 Å². The fourth-order valence-electron chi connectivity index (χ4n) is 2.94. The third-order valence-corrected chi connectivity index (χ3v) is 4.43. The highest BCUT2D eigenvalue weighted by Crippen LogP contribution is 2.42. The number of aryl methyl sites for hydroxylation is 1. The third kappa shape index (κ3) is 4.27. The Kier molecular flexibility index (Phi) is 5.34. The zero-order chi connectivity index (χ0) is 20.7. The van der Waals surface area contributed by atoms with Gasteiger partial charge in [-0.25, -0.2) is 15.0 Å². The Hall–Kier alpha value is -2.47. The Labute approximate surface area is 160 Å². The maximum Gasteiger partial charge on any atom is 0.280 e. The van der Waals surface area contributed by atoms with Crippen LogP contribution in [0.25, 0.3) is 11.3 Å². The molecule has 1 heterocycles. The molecule has 2 N–H and O–H groups in total. The van der Waals surface area contributed by atoms with E-state index in [1.165, 1.54) is 13.2 Å². The average molecular weight is 371 g/mol. The zero-order valence-corrected chi connectivity index (χ0v) is 17.4. The topological polar surface area (TPSA) is 86.6 Å². The van der Waals surface area contributed by atoms with Gasteiger partial charge in [-0.3, -0.25) is 10.0 Å². The summed E-state index contributed by atoms with van der Waals surface area (Å²) >= 11 is 0. The molecule has 0 saturated carbocycles. The largest absolute Gasteiger partial charge is 0.507 e. The molecule has 146 valence electrons. The highest BCUT2D eigenvalue weighted by molar-refractivity contribution is 5.99. The predicted molar refractivity (Wildman–Crippen MR) is 105 cm³/mol. The van der Waals surface area contributed by atoms with Crippen LogP contribution in [-0.2, 0) is 10.8 Å². The minimum atomic E-state index is -0.590. The fraction of sp³-hybridized carbons (Fsp3) is 0.476. The van der Waals surface area contributed by atoms with Crippen LogP contribution in [0.5, 0.6) is 5.75 Å². The van der Waals surface area contributed by atoms with Crippen molar-refractivity contribution >= 4 is 5.91 Å². The Morgan fingerprint density at radius 2 is 1.52 bits per heavy atom. The maximum atomic E-state index is 12.4. The first-order chi connectivity index (χ1) is 12.2. The van der Waals surface area contributed by atoms with Crippen molar-refractivity contribution in [3.63, 3.8) is 0 Å². The lowest BCUT2D eigenvalue weighted by Crippen LogP contribution is -2.24. The van der Waals surface area contributed by atoms with Crippen molar-refractivity contribution in [1.82, 2.24) is 15.0 Å². The highest BCUT2D eigenvalue weighted by atomic mass is 16.5. The summed E-state index contributed by atoms with van der Waals surface area (Å²) in [5.41, 5.74) is 2.29. The van der Waals surface area contributed by atoms with Crippen molar-refractivity contribution in [3.05, 3.63) is 40.8 Å². The van der Waals surface area contributed by atoms with Crippen LogP contribution in [0.2, 0.25) is 0 Å². The molecule has 1 aromatic heterocycles. The predicted octanol–water partition coefficient (Wildman–Crippen LogP) is 4.21. The Morgan fingerprint density at radius 1 is 1.04 bits per heavy atom. The monoisotopic (exact) mass is 371 g/mol. The third-order valence-electron chi connectivity index (χ3n) is 4.43. The number of hydrogen-bond acceptors (Lipinski definition) is 5. The van der Waals surface area contributed by atoms with Gasteiger partial charge in [0.1, 0.15) is 11.6 Å².